The van der Waals surface area contributed by atoms with Crippen LogP contribution in [0.2, 0.25) is 0 Å². The SMILES string of the molecule is CC(=O)NC1[C@H](OCCOCCC(=O)O)OC(COC(C)=O)[C@H](C)[C@@H]1C. The van der Waals surface area contributed by atoms with E-state index in [9.17, 15) is 14.4 Å². The number of carbonyl (C=O) groups excluding carboxylic acids is 2. The molecular weight excluding hydrogens is 346 g/mol. The monoisotopic (exact) mass is 375 g/mol. The number of hydrogen-bond acceptors (Lipinski definition) is 7. The third kappa shape index (κ3) is 7.67. The van der Waals surface area contributed by atoms with E-state index in [2.05, 4.69) is 5.32 Å². The predicted octanol–water partition coefficient (Wildman–Crippen LogP) is 0.559. The van der Waals surface area contributed by atoms with E-state index in [-0.39, 0.29) is 68.7 Å². The van der Waals surface area contributed by atoms with Crippen LogP contribution in [0.15, 0.2) is 0 Å². The quantitative estimate of drug-likeness (QED) is 0.420. The van der Waals surface area contributed by atoms with Gasteiger partial charge in [0.1, 0.15) is 6.61 Å². The summed E-state index contributed by atoms with van der Waals surface area (Å²) in [6.07, 6.45) is -1.14. The molecule has 0 aromatic heterocycles. The maximum atomic E-state index is 11.5. The van der Waals surface area contributed by atoms with Gasteiger partial charge in [0.15, 0.2) is 6.29 Å². The van der Waals surface area contributed by atoms with E-state index in [1.54, 1.807) is 0 Å². The Labute approximate surface area is 153 Å². The number of ether oxygens (including phenoxy) is 4. The Kier molecular flexibility index (Phi) is 9.53. The molecule has 1 amide bonds. The average molecular weight is 375 g/mol. The number of carbonyl (C=O) groups is 3. The van der Waals surface area contributed by atoms with Crippen LogP contribution in [0.1, 0.15) is 34.1 Å². The van der Waals surface area contributed by atoms with Gasteiger partial charge in [0.25, 0.3) is 0 Å². The van der Waals surface area contributed by atoms with Crippen molar-refractivity contribution >= 4 is 17.8 Å². The van der Waals surface area contributed by atoms with Crippen LogP contribution in [-0.4, -0.2) is 67.8 Å². The first-order valence-electron chi connectivity index (χ1n) is 8.69. The van der Waals surface area contributed by atoms with Crippen LogP contribution in [0.4, 0.5) is 0 Å². The van der Waals surface area contributed by atoms with Crippen LogP contribution in [0.25, 0.3) is 0 Å². The molecule has 0 aromatic rings. The van der Waals surface area contributed by atoms with Crippen molar-refractivity contribution in [3.05, 3.63) is 0 Å². The van der Waals surface area contributed by atoms with Crippen LogP contribution in [0.3, 0.4) is 0 Å². The van der Waals surface area contributed by atoms with Crippen molar-refractivity contribution in [1.82, 2.24) is 5.32 Å². The molecule has 1 heterocycles. The Morgan fingerprint density at radius 2 is 1.77 bits per heavy atom. The van der Waals surface area contributed by atoms with Gasteiger partial charge in [-0.3, -0.25) is 14.4 Å². The molecule has 9 heteroatoms. The topological polar surface area (TPSA) is 120 Å². The molecule has 0 radical (unpaired) electrons. The Bertz CT molecular complexity index is 481. The number of carboxylic acids is 1. The average Bonchev–Trinajstić information content (AvgIpc) is 2.55. The molecule has 1 aliphatic heterocycles. The largest absolute Gasteiger partial charge is 0.481 e. The molecule has 2 N–H and O–H groups in total. The summed E-state index contributed by atoms with van der Waals surface area (Å²) in [5.41, 5.74) is 0. The smallest absolute Gasteiger partial charge is 0.305 e. The molecule has 1 rings (SSSR count). The van der Waals surface area contributed by atoms with E-state index >= 15 is 0 Å². The lowest BCUT2D eigenvalue weighted by molar-refractivity contribution is -0.246. The number of carboxylic acid groups (broad SMARTS) is 1. The highest BCUT2D eigenvalue weighted by Gasteiger charge is 2.42. The van der Waals surface area contributed by atoms with E-state index < -0.39 is 12.3 Å². The summed E-state index contributed by atoms with van der Waals surface area (Å²) in [6.45, 7) is 7.31. The second-order valence-electron chi connectivity index (χ2n) is 6.42. The number of amides is 1. The number of aliphatic carboxylic acids is 1. The zero-order chi connectivity index (χ0) is 19.7. The van der Waals surface area contributed by atoms with E-state index in [4.69, 9.17) is 24.1 Å². The highest BCUT2D eigenvalue weighted by molar-refractivity contribution is 5.73. The fraction of sp³-hybridized carbons (Fsp3) is 0.824. The molecule has 0 aliphatic carbocycles. The Balaban J connectivity index is 2.60. The van der Waals surface area contributed by atoms with Gasteiger partial charge >= 0.3 is 11.9 Å². The molecule has 9 nitrogen and oxygen atoms in total. The summed E-state index contributed by atoms with van der Waals surface area (Å²) in [5.74, 6) is -1.43. The zero-order valence-electron chi connectivity index (χ0n) is 15.7. The molecular formula is C17H29NO8. The van der Waals surface area contributed by atoms with Gasteiger partial charge in [-0.2, -0.15) is 0 Å². The van der Waals surface area contributed by atoms with E-state index in [0.29, 0.717) is 0 Å². The molecule has 2 unspecified atom stereocenters. The first-order chi connectivity index (χ1) is 12.2. The van der Waals surface area contributed by atoms with Crippen LogP contribution in [0.5, 0.6) is 0 Å². The molecule has 0 spiro atoms. The zero-order valence-corrected chi connectivity index (χ0v) is 15.7. The third-order valence-corrected chi connectivity index (χ3v) is 4.38. The number of nitrogens with one attached hydrogen (secondary N) is 1. The summed E-state index contributed by atoms with van der Waals surface area (Å²) in [7, 11) is 0. The van der Waals surface area contributed by atoms with Crippen molar-refractivity contribution < 1.29 is 38.4 Å². The maximum absolute atomic E-state index is 11.5. The van der Waals surface area contributed by atoms with Gasteiger partial charge in [0.2, 0.25) is 5.91 Å². The fourth-order valence-electron chi connectivity index (χ4n) is 2.75. The third-order valence-electron chi connectivity index (χ3n) is 4.38. The van der Waals surface area contributed by atoms with Crippen molar-refractivity contribution in [2.75, 3.05) is 26.4 Å². The summed E-state index contributed by atoms with van der Waals surface area (Å²) in [6, 6.07) is -0.352. The molecule has 0 bridgehead atoms. The summed E-state index contributed by atoms with van der Waals surface area (Å²) in [5, 5.41) is 11.4. The number of rotatable bonds is 10. The lowest BCUT2D eigenvalue weighted by Crippen LogP contribution is -2.58. The van der Waals surface area contributed by atoms with Gasteiger partial charge in [0.05, 0.1) is 38.4 Å². The molecule has 0 aromatic carbocycles. The highest BCUT2D eigenvalue weighted by atomic mass is 16.7. The van der Waals surface area contributed by atoms with Crippen molar-refractivity contribution in [3.8, 4) is 0 Å². The van der Waals surface area contributed by atoms with Crippen molar-refractivity contribution in [2.24, 2.45) is 11.8 Å². The van der Waals surface area contributed by atoms with Crippen molar-refractivity contribution in [1.29, 1.82) is 0 Å². The van der Waals surface area contributed by atoms with E-state index in [1.165, 1.54) is 13.8 Å². The van der Waals surface area contributed by atoms with Gasteiger partial charge < -0.3 is 29.4 Å². The van der Waals surface area contributed by atoms with Crippen LogP contribution in [-0.2, 0) is 33.3 Å². The van der Waals surface area contributed by atoms with E-state index in [1.807, 2.05) is 13.8 Å². The second kappa shape index (κ2) is 11.1. The normalized spacial score (nSPS) is 28.4. The van der Waals surface area contributed by atoms with Crippen LogP contribution < -0.4 is 5.32 Å². The molecule has 1 fully saturated rings. The minimum absolute atomic E-state index is 0.0335. The first-order valence-corrected chi connectivity index (χ1v) is 8.69. The van der Waals surface area contributed by atoms with Gasteiger partial charge in [-0.1, -0.05) is 13.8 Å². The minimum atomic E-state index is -0.927. The highest BCUT2D eigenvalue weighted by Crippen LogP contribution is 2.31. The van der Waals surface area contributed by atoms with Gasteiger partial charge in [-0.25, -0.2) is 0 Å². The Hall–Kier alpha value is -1.71. The number of esters is 1. The maximum Gasteiger partial charge on any atom is 0.305 e. The lowest BCUT2D eigenvalue weighted by atomic mass is 9.82. The molecule has 1 saturated heterocycles. The lowest BCUT2D eigenvalue weighted by Gasteiger charge is -2.44. The summed E-state index contributed by atoms with van der Waals surface area (Å²) >= 11 is 0. The molecule has 1 aliphatic rings. The summed E-state index contributed by atoms with van der Waals surface area (Å²) in [4.78, 5) is 33.0. The molecule has 26 heavy (non-hydrogen) atoms. The van der Waals surface area contributed by atoms with Crippen LogP contribution in [0, 0.1) is 11.8 Å². The molecule has 0 saturated carbocycles. The van der Waals surface area contributed by atoms with Gasteiger partial charge in [-0.15, -0.1) is 0 Å². The fourth-order valence-corrected chi connectivity index (χ4v) is 2.75. The van der Waals surface area contributed by atoms with Gasteiger partial charge in [0, 0.05) is 13.8 Å². The standard InChI is InChI=1S/C17H29NO8/c1-10-11(2)16(18-12(3)19)17(26-14(10)9-25-13(4)20)24-8-7-23-6-5-15(21)22/h10-11,14,16-17H,5-9H2,1-4H3,(H,18,19)(H,21,22)/t10-,11+,14?,16?,17-/m1/s1. The summed E-state index contributed by atoms with van der Waals surface area (Å²) < 4.78 is 21.9. The Morgan fingerprint density at radius 3 is 2.35 bits per heavy atom. The molecule has 5 atom stereocenters. The van der Waals surface area contributed by atoms with Crippen LogP contribution >= 0.6 is 0 Å². The van der Waals surface area contributed by atoms with Gasteiger partial charge in [-0.05, 0) is 11.8 Å². The van der Waals surface area contributed by atoms with Crippen molar-refractivity contribution in [3.63, 3.8) is 0 Å². The minimum Gasteiger partial charge on any atom is -0.481 e. The second-order valence-corrected chi connectivity index (χ2v) is 6.42. The number of hydrogen-bond donors (Lipinski definition) is 2. The van der Waals surface area contributed by atoms with E-state index in [0.717, 1.165) is 0 Å². The Morgan fingerprint density at radius 1 is 1.08 bits per heavy atom. The predicted molar refractivity (Wildman–Crippen MR) is 90.3 cm³/mol. The van der Waals surface area contributed by atoms with Crippen molar-refractivity contribution in [2.45, 2.75) is 52.6 Å². The molecule has 150 valence electrons. The first kappa shape index (κ1) is 22.3.